The van der Waals surface area contributed by atoms with Crippen molar-refractivity contribution in [3.8, 4) is 5.75 Å². The third kappa shape index (κ3) is 4.94. The molecule has 0 radical (unpaired) electrons. The van der Waals surface area contributed by atoms with Gasteiger partial charge in [0, 0.05) is 30.9 Å². The Morgan fingerprint density at radius 1 is 1.00 bits per heavy atom. The first-order chi connectivity index (χ1) is 14.7. The number of benzene rings is 2. The number of hydrogen-bond donors (Lipinski definition) is 1. The Morgan fingerprint density at radius 3 is 2.39 bits per heavy atom. The average Bonchev–Trinajstić information content (AvgIpc) is 2.93. The standard InChI is InChI=1S/C26H34N2O3/c1-25(2)18-26(3,4)23-17-19(5-10-22(23)25)24(29)27-20-6-8-21(9-7-20)31-16-13-28-11-14-30-15-12-28/h5-10,17H,11-16,18H2,1-4H3,(H,27,29). The van der Waals surface area contributed by atoms with Gasteiger partial charge >= 0.3 is 0 Å². The molecular weight excluding hydrogens is 388 g/mol. The molecule has 31 heavy (non-hydrogen) atoms. The Bertz CT molecular complexity index is 928. The Labute approximate surface area is 185 Å². The summed E-state index contributed by atoms with van der Waals surface area (Å²) in [6, 6.07) is 13.7. The summed E-state index contributed by atoms with van der Waals surface area (Å²) in [4.78, 5) is 15.2. The molecule has 1 aliphatic carbocycles. The summed E-state index contributed by atoms with van der Waals surface area (Å²) in [6.07, 6.45) is 1.09. The summed E-state index contributed by atoms with van der Waals surface area (Å²) in [5, 5.41) is 3.02. The molecule has 1 heterocycles. The first-order valence-electron chi connectivity index (χ1n) is 11.2. The Kier molecular flexibility index (Phi) is 6.09. The quantitative estimate of drug-likeness (QED) is 0.739. The van der Waals surface area contributed by atoms with Gasteiger partial charge in [-0.3, -0.25) is 9.69 Å². The van der Waals surface area contributed by atoms with Crippen molar-refractivity contribution in [3.63, 3.8) is 0 Å². The predicted octanol–water partition coefficient (Wildman–Crippen LogP) is 4.61. The first kappa shape index (κ1) is 21.8. The van der Waals surface area contributed by atoms with Crippen LogP contribution in [0.25, 0.3) is 0 Å². The molecule has 0 saturated carbocycles. The highest BCUT2D eigenvalue weighted by Crippen LogP contribution is 2.49. The Morgan fingerprint density at radius 2 is 1.68 bits per heavy atom. The molecule has 0 atom stereocenters. The maximum atomic E-state index is 12.9. The fraction of sp³-hybridized carbons (Fsp3) is 0.500. The predicted molar refractivity (Wildman–Crippen MR) is 124 cm³/mol. The van der Waals surface area contributed by atoms with Gasteiger partial charge < -0.3 is 14.8 Å². The van der Waals surface area contributed by atoms with Crippen LogP contribution in [0.1, 0.15) is 55.6 Å². The molecule has 1 aliphatic heterocycles. The molecule has 5 nitrogen and oxygen atoms in total. The number of amides is 1. The van der Waals surface area contributed by atoms with Crippen molar-refractivity contribution in [2.45, 2.75) is 44.9 Å². The highest BCUT2D eigenvalue weighted by atomic mass is 16.5. The second-order valence-electron chi connectivity index (χ2n) is 9.99. The number of rotatable bonds is 6. The maximum Gasteiger partial charge on any atom is 0.255 e. The molecule has 1 fully saturated rings. The lowest BCUT2D eigenvalue weighted by atomic mass is 9.82. The highest BCUT2D eigenvalue weighted by Gasteiger charge is 2.41. The van der Waals surface area contributed by atoms with Gasteiger partial charge in [-0.15, -0.1) is 0 Å². The van der Waals surface area contributed by atoms with Gasteiger partial charge in [-0.05, 0) is 64.8 Å². The second kappa shape index (κ2) is 8.64. The molecule has 166 valence electrons. The van der Waals surface area contributed by atoms with E-state index < -0.39 is 0 Å². The number of carbonyl (C=O) groups is 1. The van der Waals surface area contributed by atoms with Crippen molar-refractivity contribution >= 4 is 11.6 Å². The molecule has 1 N–H and O–H groups in total. The van der Waals surface area contributed by atoms with Gasteiger partial charge in [0.05, 0.1) is 13.2 Å². The molecule has 1 amide bonds. The SMILES string of the molecule is CC1(C)CC(C)(C)c2cc(C(=O)Nc3ccc(OCCN4CCOCC4)cc3)ccc21. The smallest absolute Gasteiger partial charge is 0.255 e. The number of carbonyl (C=O) groups excluding carboxylic acids is 1. The number of hydrogen-bond acceptors (Lipinski definition) is 4. The van der Waals surface area contributed by atoms with Crippen molar-refractivity contribution in [1.82, 2.24) is 4.90 Å². The Balaban J connectivity index is 1.35. The summed E-state index contributed by atoms with van der Waals surface area (Å²) in [6.45, 7) is 14.2. The third-order valence-electron chi connectivity index (χ3n) is 6.52. The molecule has 2 aromatic carbocycles. The van der Waals surface area contributed by atoms with E-state index in [1.54, 1.807) is 0 Å². The van der Waals surface area contributed by atoms with E-state index in [0.29, 0.717) is 12.2 Å². The minimum atomic E-state index is -0.0794. The first-order valence-corrected chi connectivity index (χ1v) is 11.2. The number of nitrogens with zero attached hydrogens (tertiary/aromatic N) is 1. The van der Waals surface area contributed by atoms with E-state index in [2.05, 4.69) is 50.0 Å². The molecule has 5 heteroatoms. The van der Waals surface area contributed by atoms with Crippen LogP contribution in [0.15, 0.2) is 42.5 Å². The van der Waals surface area contributed by atoms with Crippen molar-refractivity contribution < 1.29 is 14.3 Å². The van der Waals surface area contributed by atoms with Gasteiger partial charge in [0.25, 0.3) is 5.91 Å². The summed E-state index contributed by atoms with van der Waals surface area (Å²) in [5.74, 6) is 0.733. The molecule has 2 aliphatic rings. The van der Waals surface area contributed by atoms with Crippen LogP contribution in [0, 0.1) is 0 Å². The van der Waals surface area contributed by atoms with Crippen LogP contribution in [0.5, 0.6) is 5.75 Å². The van der Waals surface area contributed by atoms with Gasteiger partial charge in [0.2, 0.25) is 0 Å². The topological polar surface area (TPSA) is 50.8 Å². The molecule has 0 bridgehead atoms. The van der Waals surface area contributed by atoms with E-state index in [1.807, 2.05) is 30.3 Å². The minimum absolute atomic E-state index is 0.0787. The molecule has 1 saturated heterocycles. The van der Waals surface area contributed by atoms with E-state index in [4.69, 9.17) is 9.47 Å². The maximum absolute atomic E-state index is 12.9. The number of ether oxygens (including phenoxy) is 2. The average molecular weight is 423 g/mol. The zero-order chi connectivity index (χ0) is 22.1. The van der Waals surface area contributed by atoms with Gasteiger partial charge in [0.1, 0.15) is 12.4 Å². The fourth-order valence-electron chi connectivity index (χ4n) is 5.09. The highest BCUT2D eigenvalue weighted by molar-refractivity contribution is 6.04. The van der Waals surface area contributed by atoms with Gasteiger partial charge in [0.15, 0.2) is 0 Å². The summed E-state index contributed by atoms with van der Waals surface area (Å²) >= 11 is 0. The van der Waals surface area contributed by atoms with Crippen molar-refractivity contribution in [3.05, 3.63) is 59.2 Å². The van der Waals surface area contributed by atoms with E-state index in [0.717, 1.165) is 50.7 Å². The number of anilines is 1. The molecule has 4 rings (SSSR count). The molecule has 0 spiro atoms. The lowest BCUT2D eigenvalue weighted by Gasteiger charge is -2.26. The summed E-state index contributed by atoms with van der Waals surface area (Å²) in [5.41, 5.74) is 4.34. The van der Waals surface area contributed by atoms with E-state index in [9.17, 15) is 4.79 Å². The fourth-order valence-corrected chi connectivity index (χ4v) is 5.09. The van der Waals surface area contributed by atoms with Gasteiger partial charge in [-0.25, -0.2) is 0 Å². The minimum Gasteiger partial charge on any atom is -0.492 e. The van der Waals surface area contributed by atoms with E-state index in [1.165, 1.54) is 11.1 Å². The lowest BCUT2D eigenvalue weighted by molar-refractivity contribution is 0.0322. The largest absolute Gasteiger partial charge is 0.492 e. The van der Waals surface area contributed by atoms with Gasteiger partial charge in [-0.2, -0.15) is 0 Å². The van der Waals surface area contributed by atoms with Crippen LogP contribution < -0.4 is 10.1 Å². The summed E-state index contributed by atoms with van der Waals surface area (Å²) < 4.78 is 11.2. The van der Waals surface area contributed by atoms with E-state index >= 15 is 0 Å². The van der Waals surface area contributed by atoms with Crippen LogP contribution in [0.2, 0.25) is 0 Å². The monoisotopic (exact) mass is 422 g/mol. The van der Waals surface area contributed by atoms with E-state index in [-0.39, 0.29) is 16.7 Å². The zero-order valence-electron chi connectivity index (χ0n) is 19.2. The van der Waals surface area contributed by atoms with Crippen molar-refractivity contribution in [1.29, 1.82) is 0 Å². The molecule has 2 aromatic rings. The lowest BCUT2D eigenvalue weighted by Crippen LogP contribution is -2.38. The zero-order valence-corrected chi connectivity index (χ0v) is 19.2. The van der Waals surface area contributed by atoms with Crippen molar-refractivity contribution in [2.24, 2.45) is 0 Å². The van der Waals surface area contributed by atoms with Crippen LogP contribution in [0.4, 0.5) is 5.69 Å². The molecular formula is C26H34N2O3. The summed E-state index contributed by atoms with van der Waals surface area (Å²) in [7, 11) is 0. The van der Waals surface area contributed by atoms with Gasteiger partial charge in [-0.1, -0.05) is 33.8 Å². The number of nitrogens with one attached hydrogen (secondary N) is 1. The molecule has 0 aromatic heterocycles. The van der Waals surface area contributed by atoms with Crippen LogP contribution in [-0.4, -0.2) is 50.3 Å². The van der Waals surface area contributed by atoms with Crippen LogP contribution >= 0.6 is 0 Å². The normalized spacial score (nSPS) is 19.6. The van der Waals surface area contributed by atoms with Crippen LogP contribution in [-0.2, 0) is 15.6 Å². The van der Waals surface area contributed by atoms with Crippen LogP contribution in [0.3, 0.4) is 0 Å². The number of fused-ring (bicyclic) bond motifs is 1. The second-order valence-corrected chi connectivity index (χ2v) is 9.99. The van der Waals surface area contributed by atoms with Crippen molar-refractivity contribution in [2.75, 3.05) is 44.8 Å². The molecule has 0 unspecified atom stereocenters. The third-order valence-corrected chi connectivity index (χ3v) is 6.52. The number of morpholine rings is 1. The Hall–Kier alpha value is -2.37.